The van der Waals surface area contributed by atoms with Crippen molar-refractivity contribution < 1.29 is 10.0 Å². The molecule has 0 aromatic heterocycles. The van der Waals surface area contributed by atoms with Crippen LogP contribution in [0.4, 0.5) is 5.69 Å². The molecule has 1 fully saturated rings. The first-order valence-corrected chi connectivity index (χ1v) is 8.21. The van der Waals surface area contributed by atoms with Gasteiger partial charge in [0.15, 0.2) is 5.84 Å². The topological polar surface area (TPSA) is 87.7 Å². The molecule has 0 radical (unpaired) electrons. The van der Waals surface area contributed by atoms with Gasteiger partial charge in [-0.05, 0) is 48.8 Å². The number of rotatable bonds is 4. The van der Waals surface area contributed by atoms with Crippen LogP contribution in [-0.2, 0) is 4.79 Å². The predicted molar refractivity (Wildman–Crippen MR) is 87.0 cm³/mol. The van der Waals surface area contributed by atoms with Gasteiger partial charge >= 0.3 is 0 Å². The lowest BCUT2D eigenvalue weighted by Crippen LogP contribution is -2.20. The molecule has 21 heavy (non-hydrogen) atoms. The average Bonchev–Trinajstić information content (AvgIpc) is 2.49. The van der Waals surface area contributed by atoms with Gasteiger partial charge in [-0.3, -0.25) is 4.79 Å². The van der Waals surface area contributed by atoms with Gasteiger partial charge in [0.1, 0.15) is 0 Å². The summed E-state index contributed by atoms with van der Waals surface area (Å²) in [6, 6.07) is 5.34. The summed E-state index contributed by atoms with van der Waals surface area (Å²) in [6.07, 6.45) is 2.79. The second-order valence-electron chi connectivity index (χ2n) is 5.32. The van der Waals surface area contributed by atoms with Gasteiger partial charge < -0.3 is 16.3 Å². The molecule has 1 amide bonds. The van der Waals surface area contributed by atoms with Crippen LogP contribution in [0.15, 0.2) is 23.4 Å². The molecule has 1 aliphatic heterocycles. The third kappa shape index (κ3) is 4.39. The smallest absolute Gasteiger partial charge is 0.224 e. The number of hydrogen-bond acceptors (Lipinski definition) is 4. The first-order valence-electron chi connectivity index (χ1n) is 7.06. The number of nitrogens with zero attached hydrogens (tertiary/aromatic N) is 1. The highest BCUT2D eigenvalue weighted by atomic mass is 32.2. The van der Waals surface area contributed by atoms with Crippen molar-refractivity contribution in [3.63, 3.8) is 0 Å². The molecule has 114 valence electrons. The van der Waals surface area contributed by atoms with Gasteiger partial charge in [0, 0.05) is 17.7 Å². The van der Waals surface area contributed by atoms with Crippen LogP contribution in [-0.4, -0.2) is 28.5 Å². The number of hydrogen-bond donors (Lipinski definition) is 3. The summed E-state index contributed by atoms with van der Waals surface area (Å²) in [7, 11) is 0. The van der Waals surface area contributed by atoms with E-state index in [0.29, 0.717) is 23.6 Å². The van der Waals surface area contributed by atoms with Crippen molar-refractivity contribution in [2.75, 3.05) is 16.8 Å². The number of amidine groups is 1. The number of amides is 1. The van der Waals surface area contributed by atoms with Crippen molar-refractivity contribution in [1.82, 2.24) is 0 Å². The van der Waals surface area contributed by atoms with Crippen LogP contribution in [0, 0.1) is 12.8 Å². The number of nitrogens with two attached hydrogens (primary N) is 1. The molecular formula is C15H21N3O2S. The Balaban J connectivity index is 2.02. The molecule has 1 aromatic rings. The molecule has 0 bridgehead atoms. The molecule has 0 unspecified atom stereocenters. The number of aryl methyl sites for hydroxylation is 1. The number of anilines is 1. The monoisotopic (exact) mass is 307 g/mol. The van der Waals surface area contributed by atoms with Crippen LogP contribution in [0.1, 0.15) is 30.4 Å². The highest BCUT2D eigenvalue weighted by Gasteiger charge is 2.17. The summed E-state index contributed by atoms with van der Waals surface area (Å²) in [5.41, 5.74) is 7.84. The van der Waals surface area contributed by atoms with Crippen molar-refractivity contribution in [2.24, 2.45) is 16.8 Å². The van der Waals surface area contributed by atoms with E-state index < -0.39 is 0 Å². The number of oxime groups is 1. The van der Waals surface area contributed by atoms with Crippen molar-refractivity contribution in [3.8, 4) is 0 Å². The third-order valence-electron chi connectivity index (χ3n) is 3.73. The molecule has 5 nitrogen and oxygen atoms in total. The first-order chi connectivity index (χ1) is 10.1. The summed E-state index contributed by atoms with van der Waals surface area (Å²) >= 11 is 1.96. The quantitative estimate of drug-likeness (QED) is 0.345. The maximum atomic E-state index is 12.2. The molecular weight excluding hydrogens is 286 g/mol. The van der Waals surface area contributed by atoms with Gasteiger partial charge in [-0.1, -0.05) is 17.3 Å². The number of benzene rings is 1. The number of thioether (sulfide) groups is 1. The molecule has 0 saturated carbocycles. The SMILES string of the molecule is Cc1ccc(/C(N)=N/O)cc1NC(=O)CC1CCSCC1. The van der Waals surface area contributed by atoms with E-state index in [1.807, 2.05) is 24.8 Å². The van der Waals surface area contributed by atoms with Crippen LogP contribution < -0.4 is 11.1 Å². The van der Waals surface area contributed by atoms with Crippen LogP contribution in [0.25, 0.3) is 0 Å². The lowest BCUT2D eigenvalue weighted by molar-refractivity contribution is -0.117. The van der Waals surface area contributed by atoms with Gasteiger partial charge in [0.05, 0.1) is 0 Å². The van der Waals surface area contributed by atoms with Gasteiger partial charge in [-0.2, -0.15) is 11.8 Å². The molecule has 0 aliphatic carbocycles. The van der Waals surface area contributed by atoms with Crippen LogP contribution >= 0.6 is 11.8 Å². The van der Waals surface area contributed by atoms with E-state index >= 15 is 0 Å². The number of carbonyl (C=O) groups is 1. The molecule has 4 N–H and O–H groups in total. The Morgan fingerprint density at radius 1 is 1.48 bits per heavy atom. The third-order valence-corrected chi connectivity index (χ3v) is 4.78. The van der Waals surface area contributed by atoms with Crippen LogP contribution in [0.2, 0.25) is 0 Å². The summed E-state index contributed by atoms with van der Waals surface area (Å²) in [5.74, 6) is 2.85. The van der Waals surface area contributed by atoms with E-state index in [9.17, 15) is 4.79 Å². The Kier molecular flexibility index (Phi) is 5.50. The van der Waals surface area contributed by atoms with Gasteiger partial charge in [-0.15, -0.1) is 0 Å². The second-order valence-corrected chi connectivity index (χ2v) is 6.55. The molecule has 1 saturated heterocycles. The highest BCUT2D eigenvalue weighted by Crippen LogP contribution is 2.26. The van der Waals surface area contributed by atoms with E-state index in [0.717, 1.165) is 29.9 Å². The normalized spacial score (nSPS) is 16.7. The minimum absolute atomic E-state index is 0.0339. The van der Waals surface area contributed by atoms with E-state index in [1.54, 1.807) is 12.1 Å². The lowest BCUT2D eigenvalue weighted by Gasteiger charge is -2.21. The standard InChI is InChI=1S/C15H21N3O2S/c1-10-2-3-12(15(16)18-20)9-13(10)17-14(19)8-11-4-6-21-7-5-11/h2-3,9,11,20H,4-8H2,1H3,(H2,16,18)(H,17,19). The van der Waals surface area contributed by atoms with Gasteiger partial charge in [-0.25, -0.2) is 0 Å². The first kappa shape index (κ1) is 15.7. The Labute approximate surface area is 129 Å². The molecule has 2 rings (SSSR count). The average molecular weight is 307 g/mol. The lowest BCUT2D eigenvalue weighted by atomic mass is 9.98. The van der Waals surface area contributed by atoms with Crippen molar-refractivity contribution >= 4 is 29.2 Å². The predicted octanol–water partition coefficient (Wildman–Crippen LogP) is 2.56. The molecule has 0 atom stereocenters. The molecule has 0 spiro atoms. The second kappa shape index (κ2) is 7.36. The Bertz CT molecular complexity index is 540. The Hall–Kier alpha value is -1.69. The van der Waals surface area contributed by atoms with Crippen molar-refractivity contribution in [2.45, 2.75) is 26.2 Å². The van der Waals surface area contributed by atoms with E-state index in [-0.39, 0.29) is 11.7 Å². The Morgan fingerprint density at radius 3 is 2.86 bits per heavy atom. The minimum atomic E-state index is 0.0339. The van der Waals surface area contributed by atoms with Crippen molar-refractivity contribution in [1.29, 1.82) is 0 Å². The summed E-state index contributed by atoms with van der Waals surface area (Å²) < 4.78 is 0. The van der Waals surface area contributed by atoms with Crippen LogP contribution in [0.3, 0.4) is 0 Å². The van der Waals surface area contributed by atoms with Crippen molar-refractivity contribution in [3.05, 3.63) is 29.3 Å². The summed E-state index contributed by atoms with van der Waals surface area (Å²) in [4.78, 5) is 12.2. The molecule has 1 aromatic carbocycles. The van der Waals surface area contributed by atoms with E-state index in [2.05, 4.69) is 10.5 Å². The number of nitrogens with one attached hydrogen (secondary N) is 1. The number of carbonyl (C=O) groups excluding carboxylic acids is 1. The zero-order valence-corrected chi connectivity index (χ0v) is 12.9. The summed E-state index contributed by atoms with van der Waals surface area (Å²) in [5, 5.41) is 14.6. The molecule has 1 heterocycles. The van der Waals surface area contributed by atoms with Gasteiger partial charge in [0.2, 0.25) is 5.91 Å². The zero-order chi connectivity index (χ0) is 15.2. The zero-order valence-electron chi connectivity index (χ0n) is 12.1. The maximum Gasteiger partial charge on any atom is 0.224 e. The minimum Gasteiger partial charge on any atom is -0.409 e. The fraction of sp³-hybridized carbons (Fsp3) is 0.467. The van der Waals surface area contributed by atoms with E-state index in [4.69, 9.17) is 10.9 Å². The maximum absolute atomic E-state index is 12.2. The largest absolute Gasteiger partial charge is 0.409 e. The highest BCUT2D eigenvalue weighted by molar-refractivity contribution is 7.99. The molecule has 1 aliphatic rings. The van der Waals surface area contributed by atoms with Crippen LogP contribution in [0.5, 0.6) is 0 Å². The fourth-order valence-electron chi connectivity index (χ4n) is 2.39. The van der Waals surface area contributed by atoms with E-state index in [1.165, 1.54) is 0 Å². The van der Waals surface area contributed by atoms with Gasteiger partial charge in [0.25, 0.3) is 0 Å². The Morgan fingerprint density at radius 2 is 2.19 bits per heavy atom. The fourth-order valence-corrected chi connectivity index (χ4v) is 3.59. The molecule has 6 heteroatoms. The summed E-state index contributed by atoms with van der Waals surface area (Å²) in [6.45, 7) is 1.92.